The largest absolute Gasteiger partial charge is 0.462 e. The second-order valence-corrected chi connectivity index (χ2v) is 15.3. The molecule has 0 bridgehead atoms. The van der Waals surface area contributed by atoms with E-state index in [1.807, 2.05) is 0 Å². The van der Waals surface area contributed by atoms with Gasteiger partial charge < -0.3 is 14.2 Å². The molecule has 6 heteroatoms. The van der Waals surface area contributed by atoms with Crippen LogP contribution in [0.15, 0.2) is 85.1 Å². The fourth-order valence-electron chi connectivity index (χ4n) is 6.10. The molecule has 0 N–H and O–H groups in total. The van der Waals surface area contributed by atoms with Crippen LogP contribution in [0, 0.1) is 0 Å². The molecule has 0 saturated carbocycles. The van der Waals surface area contributed by atoms with Gasteiger partial charge in [0.05, 0.1) is 0 Å². The topological polar surface area (TPSA) is 78.9 Å². The second kappa shape index (κ2) is 46.3. The molecule has 0 aromatic rings. The predicted octanol–water partition coefficient (Wildman–Crippen LogP) is 15.3. The fourth-order valence-corrected chi connectivity index (χ4v) is 6.10. The van der Waals surface area contributed by atoms with Gasteiger partial charge in [-0.15, -0.1) is 0 Å². The van der Waals surface area contributed by atoms with Gasteiger partial charge in [0.1, 0.15) is 13.2 Å². The van der Waals surface area contributed by atoms with Crippen molar-refractivity contribution in [2.24, 2.45) is 0 Å². The highest BCUT2D eigenvalue weighted by Crippen LogP contribution is 2.13. The Morgan fingerprint density at radius 3 is 1.19 bits per heavy atom. The van der Waals surface area contributed by atoms with Crippen molar-refractivity contribution in [2.75, 3.05) is 13.2 Å². The third kappa shape index (κ3) is 43.7. The third-order valence-corrected chi connectivity index (χ3v) is 9.61. The van der Waals surface area contributed by atoms with Crippen molar-refractivity contribution in [3.63, 3.8) is 0 Å². The third-order valence-electron chi connectivity index (χ3n) is 9.61. The lowest BCUT2D eigenvalue weighted by molar-refractivity contribution is -0.167. The lowest BCUT2D eigenvalue weighted by atomic mass is 10.1. The second-order valence-electron chi connectivity index (χ2n) is 15.3. The Kier molecular flexibility index (Phi) is 43.6. The van der Waals surface area contributed by atoms with Gasteiger partial charge >= 0.3 is 17.9 Å². The summed E-state index contributed by atoms with van der Waals surface area (Å²) in [5.41, 5.74) is 0. The van der Waals surface area contributed by atoms with Crippen molar-refractivity contribution < 1.29 is 28.6 Å². The molecule has 0 aromatic heterocycles. The zero-order valence-electron chi connectivity index (χ0n) is 37.5. The summed E-state index contributed by atoms with van der Waals surface area (Å²) in [6.45, 7) is 6.36. The maximum Gasteiger partial charge on any atom is 0.306 e. The van der Waals surface area contributed by atoms with Crippen molar-refractivity contribution >= 4 is 17.9 Å². The minimum Gasteiger partial charge on any atom is -0.462 e. The van der Waals surface area contributed by atoms with Gasteiger partial charge in [0.2, 0.25) is 0 Å². The molecule has 1 atom stereocenters. The van der Waals surface area contributed by atoms with Crippen LogP contribution < -0.4 is 0 Å². The molecule has 0 aliphatic carbocycles. The van der Waals surface area contributed by atoms with E-state index in [1.54, 1.807) is 0 Å². The van der Waals surface area contributed by atoms with Crippen molar-refractivity contribution in [1.29, 1.82) is 0 Å². The Bertz CT molecular complexity index is 1160. The Balaban J connectivity index is 4.49. The molecule has 330 valence electrons. The van der Waals surface area contributed by atoms with Crippen LogP contribution in [0.4, 0.5) is 0 Å². The fraction of sp³-hybridized carbons (Fsp3) is 0.673. The summed E-state index contributed by atoms with van der Waals surface area (Å²) in [5, 5.41) is 0. The van der Waals surface area contributed by atoms with Crippen molar-refractivity contribution in [2.45, 2.75) is 213 Å². The van der Waals surface area contributed by atoms with E-state index >= 15 is 0 Å². The number of allylic oxidation sites excluding steroid dienone is 14. The summed E-state index contributed by atoms with van der Waals surface area (Å²) in [5.74, 6) is -0.982. The molecular weight excluding hydrogens is 721 g/mol. The highest BCUT2D eigenvalue weighted by atomic mass is 16.6. The zero-order chi connectivity index (χ0) is 42.3. The van der Waals surface area contributed by atoms with E-state index < -0.39 is 6.10 Å². The molecule has 0 radical (unpaired) electrons. The minimum atomic E-state index is -0.803. The van der Waals surface area contributed by atoms with E-state index in [0.29, 0.717) is 19.3 Å². The Hall–Kier alpha value is -3.41. The molecule has 0 aliphatic rings. The molecule has 0 saturated heterocycles. The number of ether oxygens (including phenoxy) is 3. The summed E-state index contributed by atoms with van der Waals surface area (Å²) < 4.78 is 16.7. The molecule has 0 heterocycles. The SMILES string of the molecule is CC/C=C\C/C=C\C/C=C\C/C=C\C/C=C\CCCC(=O)OCC(COC(=O)CCCCCCCCCCCC)OC(=O)CCCCCCC/C=C\C/C=C\CCC. The molecule has 0 rings (SSSR count). The standard InChI is InChI=1S/C52H86O6/c1-4-7-10-13-16-19-22-24-25-26-27-29-30-33-36-39-42-45-51(54)57-48-49(47-56-50(53)44-41-38-35-32-21-18-15-12-9-6-3)58-52(55)46-43-40-37-34-31-28-23-20-17-14-11-8-5-2/h7,10-11,14,16,19-20,23-25,27,29,33,36,49H,4-6,8-9,12-13,15,17-18,21-22,26,28,30-32,34-35,37-48H2,1-3H3/b10-7-,14-11-,19-16-,23-20-,25-24-,29-27-,36-33-. The lowest BCUT2D eigenvalue weighted by Gasteiger charge is -2.18. The molecule has 1 unspecified atom stereocenters. The molecular formula is C52H86O6. The van der Waals surface area contributed by atoms with Gasteiger partial charge in [-0.25, -0.2) is 0 Å². The van der Waals surface area contributed by atoms with Crippen molar-refractivity contribution in [3.05, 3.63) is 85.1 Å². The summed E-state index contributed by atoms with van der Waals surface area (Å²) >= 11 is 0. The molecule has 58 heavy (non-hydrogen) atoms. The highest BCUT2D eigenvalue weighted by Gasteiger charge is 2.19. The van der Waals surface area contributed by atoms with E-state index in [1.165, 1.54) is 51.4 Å². The number of carbonyl (C=O) groups is 3. The van der Waals surface area contributed by atoms with Gasteiger partial charge in [-0.2, -0.15) is 0 Å². The molecule has 0 aromatic carbocycles. The van der Waals surface area contributed by atoms with E-state index in [-0.39, 0.29) is 37.5 Å². The van der Waals surface area contributed by atoms with E-state index in [9.17, 15) is 14.4 Å². The average Bonchev–Trinajstić information content (AvgIpc) is 3.22. The monoisotopic (exact) mass is 807 g/mol. The van der Waals surface area contributed by atoms with Crippen LogP contribution in [0.2, 0.25) is 0 Å². The summed E-state index contributed by atoms with van der Waals surface area (Å²) in [7, 11) is 0. The number of esters is 3. The maximum absolute atomic E-state index is 12.7. The first-order valence-corrected chi connectivity index (χ1v) is 23.6. The van der Waals surface area contributed by atoms with Gasteiger partial charge in [0, 0.05) is 19.3 Å². The van der Waals surface area contributed by atoms with Crippen molar-refractivity contribution in [1.82, 2.24) is 0 Å². The first kappa shape index (κ1) is 54.6. The number of hydrogen-bond acceptors (Lipinski definition) is 6. The van der Waals surface area contributed by atoms with Crippen LogP contribution in [-0.4, -0.2) is 37.2 Å². The Morgan fingerprint density at radius 1 is 0.362 bits per heavy atom. The predicted molar refractivity (Wildman–Crippen MR) is 247 cm³/mol. The van der Waals surface area contributed by atoms with Crippen LogP contribution in [-0.2, 0) is 28.6 Å². The minimum absolute atomic E-state index is 0.0996. The van der Waals surface area contributed by atoms with Crippen LogP contribution in [0.25, 0.3) is 0 Å². The average molecular weight is 807 g/mol. The normalized spacial score (nSPS) is 12.8. The molecule has 6 nitrogen and oxygen atoms in total. The Morgan fingerprint density at radius 2 is 0.724 bits per heavy atom. The van der Waals surface area contributed by atoms with Crippen LogP contribution in [0.5, 0.6) is 0 Å². The molecule has 0 aliphatic heterocycles. The highest BCUT2D eigenvalue weighted by molar-refractivity contribution is 5.71. The number of hydrogen-bond donors (Lipinski definition) is 0. The quantitative estimate of drug-likeness (QED) is 0.0265. The van der Waals surface area contributed by atoms with Crippen LogP contribution in [0.1, 0.15) is 207 Å². The van der Waals surface area contributed by atoms with Gasteiger partial charge in [0.25, 0.3) is 0 Å². The maximum atomic E-state index is 12.7. The first-order valence-electron chi connectivity index (χ1n) is 23.6. The van der Waals surface area contributed by atoms with E-state index in [4.69, 9.17) is 14.2 Å². The smallest absolute Gasteiger partial charge is 0.306 e. The van der Waals surface area contributed by atoms with Crippen molar-refractivity contribution in [3.8, 4) is 0 Å². The summed E-state index contributed by atoms with van der Waals surface area (Å²) in [6.07, 6.45) is 58.5. The summed E-state index contributed by atoms with van der Waals surface area (Å²) in [6, 6.07) is 0. The van der Waals surface area contributed by atoms with E-state index in [2.05, 4.69) is 106 Å². The van der Waals surface area contributed by atoms with Gasteiger partial charge in [-0.05, 0) is 83.5 Å². The Labute approximate surface area is 356 Å². The first-order chi connectivity index (χ1) is 28.5. The van der Waals surface area contributed by atoms with Gasteiger partial charge in [-0.3, -0.25) is 14.4 Å². The summed E-state index contributed by atoms with van der Waals surface area (Å²) in [4.78, 5) is 37.8. The molecule has 0 spiro atoms. The van der Waals surface area contributed by atoms with Gasteiger partial charge in [0.15, 0.2) is 6.10 Å². The molecule has 0 fully saturated rings. The number of carbonyl (C=O) groups excluding carboxylic acids is 3. The lowest BCUT2D eigenvalue weighted by Crippen LogP contribution is -2.30. The van der Waals surface area contributed by atoms with Gasteiger partial charge in [-0.1, -0.05) is 189 Å². The van der Waals surface area contributed by atoms with Crippen LogP contribution in [0.3, 0.4) is 0 Å². The van der Waals surface area contributed by atoms with E-state index in [0.717, 1.165) is 109 Å². The van der Waals surface area contributed by atoms with Crippen LogP contribution >= 0.6 is 0 Å². The number of unbranched alkanes of at least 4 members (excludes halogenated alkanes) is 16. The zero-order valence-corrected chi connectivity index (χ0v) is 37.5. The molecule has 0 amide bonds. The number of rotatable bonds is 41.